The number of anilines is 1. The van der Waals surface area contributed by atoms with Crippen molar-refractivity contribution >= 4 is 44.7 Å². The number of fused-ring (bicyclic) bond motifs is 1. The summed E-state index contributed by atoms with van der Waals surface area (Å²) in [6, 6.07) is 8.54. The number of nitriles is 1. The van der Waals surface area contributed by atoms with Gasteiger partial charge in [-0.1, -0.05) is 18.5 Å². The fourth-order valence-electron chi connectivity index (χ4n) is 2.85. The Hall–Kier alpha value is -2.73. The molecule has 0 spiro atoms. The lowest BCUT2D eigenvalue weighted by Gasteiger charge is -2.20. The molecule has 1 amide bonds. The Bertz CT molecular complexity index is 1100. The molecule has 2 aromatic heterocycles. The average Bonchev–Trinajstić information content (AvgIpc) is 3.11. The summed E-state index contributed by atoms with van der Waals surface area (Å²) in [5.41, 5.74) is 1.20. The number of thiophene rings is 1. The SMILES string of the molecule is CCCN(CC(=O)Nc1cc(Cl)ccc1C#N)Cc1nc2ccsc2c(=O)[nH]1. The van der Waals surface area contributed by atoms with Crippen LogP contribution in [0.1, 0.15) is 24.7 Å². The molecule has 0 saturated carbocycles. The van der Waals surface area contributed by atoms with Gasteiger partial charge in [-0.3, -0.25) is 14.5 Å². The van der Waals surface area contributed by atoms with E-state index < -0.39 is 0 Å². The lowest BCUT2D eigenvalue weighted by Crippen LogP contribution is -2.34. The number of carbonyl (C=O) groups excluding carboxylic acids is 1. The molecule has 0 unspecified atom stereocenters. The summed E-state index contributed by atoms with van der Waals surface area (Å²) in [6.07, 6.45) is 0.832. The average molecular weight is 416 g/mol. The molecule has 2 heterocycles. The van der Waals surface area contributed by atoms with Gasteiger partial charge in [0.15, 0.2) is 0 Å². The van der Waals surface area contributed by atoms with Gasteiger partial charge < -0.3 is 10.3 Å². The molecule has 0 bridgehead atoms. The highest BCUT2D eigenvalue weighted by Crippen LogP contribution is 2.20. The number of hydrogen-bond acceptors (Lipinski definition) is 6. The predicted molar refractivity (Wildman–Crippen MR) is 111 cm³/mol. The number of benzene rings is 1. The summed E-state index contributed by atoms with van der Waals surface area (Å²) < 4.78 is 0.591. The number of aromatic nitrogens is 2. The monoisotopic (exact) mass is 415 g/mol. The third-order valence-corrected chi connectivity index (χ3v) is 5.16. The van der Waals surface area contributed by atoms with Crippen LogP contribution >= 0.6 is 22.9 Å². The molecule has 0 aliphatic rings. The van der Waals surface area contributed by atoms with E-state index in [1.807, 2.05) is 23.3 Å². The third kappa shape index (κ3) is 4.75. The minimum absolute atomic E-state index is 0.0939. The van der Waals surface area contributed by atoms with E-state index in [4.69, 9.17) is 11.6 Å². The molecular weight excluding hydrogens is 398 g/mol. The van der Waals surface area contributed by atoms with Crippen molar-refractivity contribution in [3.8, 4) is 6.07 Å². The summed E-state index contributed by atoms with van der Waals surface area (Å²) in [7, 11) is 0. The van der Waals surface area contributed by atoms with Crippen molar-refractivity contribution in [3.63, 3.8) is 0 Å². The largest absolute Gasteiger partial charge is 0.324 e. The second-order valence-electron chi connectivity index (χ2n) is 6.21. The number of halogens is 1. The minimum Gasteiger partial charge on any atom is -0.324 e. The van der Waals surface area contributed by atoms with Crippen LogP contribution in [0.15, 0.2) is 34.4 Å². The Kier molecular flexibility index (Phi) is 6.41. The van der Waals surface area contributed by atoms with Crippen molar-refractivity contribution in [2.24, 2.45) is 0 Å². The quantitative estimate of drug-likeness (QED) is 0.616. The topological polar surface area (TPSA) is 102 Å². The summed E-state index contributed by atoms with van der Waals surface area (Å²) in [4.78, 5) is 33.8. The van der Waals surface area contributed by atoms with Gasteiger partial charge in [0.1, 0.15) is 16.6 Å². The summed E-state index contributed by atoms with van der Waals surface area (Å²) in [5, 5.41) is 14.2. The van der Waals surface area contributed by atoms with Crippen LogP contribution in [0.4, 0.5) is 5.69 Å². The number of aromatic amines is 1. The molecule has 2 N–H and O–H groups in total. The van der Waals surface area contributed by atoms with E-state index in [0.29, 0.717) is 45.4 Å². The van der Waals surface area contributed by atoms with Crippen molar-refractivity contribution in [2.75, 3.05) is 18.4 Å². The lowest BCUT2D eigenvalue weighted by molar-refractivity contribution is -0.117. The van der Waals surface area contributed by atoms with Crippen molar-refractivity contribution in [3.05, 3.63) is 56.4 Å². The maximum atomic E-state index is 12.5. The van der Waals surface area contributed by atoms with Crippen molar-refractivity contribution in [2.45, 2.75) is 19.9 Å². The second-order valence-corrected chi connectivity index (χ2v) is 7.56. The molecular formula is C19H18ClN5O2S. The van der Waals surface area contributed by atoms with Gasteiger partial charge in [-0.15, -0.1) is 11.3 Å². The molecule has 28 heavy (non-hydrogen) atoms. The summed E-state index contributed by atoms with van der Waals surface area (Å²) in [6.45, 7) is 3.09. The molecule has 144 valence electrons. The van der Waals surface area contributed by atoms with Crippen LogP contribution in [-0.4, -0.2) is 33.9 Å². The Labute approximate surface area is 170 Å². The van der Waals surface area contributed by atoms with Gasteiger partial charge in [-0.05, 0) is 42.6 Å². The van der Waals surface area contributed by atoms with E-state index in [-0.39, 0.29) is 18.0 Å². The first-order valence-corrected chi connectivity index (χ1v) is 9.94. The fourth-order valence-corrected chi connectivity index (χ4v) is 3.75. The highest BCUT2D eigenvalue weighted by molar-refractivity contribution is 7.17. The molecule has 0 radical (unpaired) electrons. The number of H-pyrrole nitrogens is 1. The van der Waals surface area contributed by atoms with Crippen molar-refractivity contribution in [1.82, 2.24) is 14.9 Å². The van der Waals surface area contributed by atoms with E-state index in [2.05, 4.69) is 15.3 Å². The molecule has 0 aliphatic carbocycles. The fraction of sp³-hybridized carbons (Fsp3) is 0.263. The Balaban J connectivity index is 1.73. The molecule has 9 heteroatoms. The summed E-state index contributed by atoms with van der Waals surface area (Å²) >= 11 is 7.31. The van der Waals surface area contributed by atoms with Crippen molar-refractivity contribution in [1.29, 1.82) is 5.26 Å². The highest BCUT2D eigenvalue weighted by atomic mass is 35.5. The van der Waals surface area contributed by atoms with Crippen LogP contribution in [0, 0.1) is 11.3 Å². The van der Waals surface area contributed by atoms with Gasteiger partial charge >= 0.3 is 0 Å². The Morgan fingerprint density at radius 1 is 1.43 bits per heavy atom. The van der Waals surface area contributed by atoms with Gasteiger partial charge in [0.2, 0.25) is 5.91 Å². The normalized spacial score (nSPS) is 10.9. The molecule has 7 nitrogen and oxygen atoms in total. The first kappa shape index (κ1) is 20.0. The van der Waals surface area contributed by atoms with Gasteiger partial charge in [0, 0.05) is 5.02 Å². The number of rotatable bonds is 7. The van der Waals surface area contributed by atoms with Gasteiger partial charge in [-0.2, -0.15) is 5.26 Å². The van der Waals surface area contributed by atoms with Gasteiger partial charge in [0.25, 0.3) is 5.56 Å². The maximum Gasteiger partial charge on any atom is 0.268 e. The molecule has 3 rings (SSSR count). The van der Waals surface area contributed by atoms with E-state index in [0.717, 1.165) is 6.42 Å². The van der Waals surface area contributed by atoms with Crippen LogP contribution in [0.2, 0.25) is 5.02 Å². The molecule has 3 aromatic rings. The van der Waals surface area contributed by atoms with Crippen LogP contribution in [0.5, 0.6) is 0 Å². The lowest BCUT2D eigenvalue weighted by atomic mass is 10.2. The number of carbonyl (C=O) groups is 1. The minimum atomic E-state index is -0.272. The highest BCUT2D eigenvalue weighted by Gasteiger charge is 2.15. The first-order chi connectivity index (χ1) is 13.5. The zero-order valence-electron chi connectivity index (χ0n) is 15.2. The predicted octanol–water partition coefficient (Wildman–Crippen LogP) is 3.36. The molecule has 0 saturated heterocycles. The Morgan fingerprint density at radius 2 is 2.25 bits per heavy atom. The standard InChI is InChI=1S/C19H18ClN5O2S/c1-2-6-25(10-16-22-14-5-7-28-18(14)19(27)24-16)11-17(26)23-15-8-13(20)4-3-12(15)9-21/h3-5,7-8H,2,6,10-11H2,1H3,(H,23,26)(H,22,24,27). The zero-order chi connectivity index (χ0) is 20.1. The first-order valence-electron chi connectivity index (χ1n) is 8.68. The van der Waals surface area contributed by atoms with E-state index in [1.165, 1.54) is 11.3 Å². The van der Waals surface area contributed by atoms with E-state index >= 15 is 0 Å². The van der Waals surface area contributed by atoms with Crippen LogP contribution in [-0.2, 0) is 11.3 Å². The van der Waals surface area contributed by atoms with Crippen LogP contribution < -0.4 is 10.9 Å². The zero-order valence-corrected chi connectivity index (χ0v) is 16.7. The third-order valence-electron chi connectivity index (χ3n) is 4.02. The second kappa shape index (κ2) is 8.97. The van der Waals surface area contributed by atoms with E-state index in [1.54, 1.807) is 24.3 Å². The van der Waals surface area contributed by atoms with E-state index in [9.17, 15) is 14.9 Å². The molecule has 0 aliphatic heterocycles. The van der Waals surface area contributed by atoms with Crippen LogP contribution in [0.25, 0.3) is 10.2 Å². The smallest absolute Gasteiger partial charge is 0.268 e. The van der Waals surface area contributed by atoms with Crippen molar-refractivity contribution < 1.29 is 4.79 Å². The van der Waals surface area contributed by atoms with Gasteiger partial charge in [-0.25, -0.2) is 4.98 Å². The summed E-state index contributed by atoms with van der Waals surface area (Å²) in [5.74, 6) is 0.240. The number of nitrogens with zero attached hydrogens (tertiary/aromatic N) is 3. The number of nitrogens with one attached hydrogen (secondary N) is 2. The Morgan fingerprint density at radius 3 is 3.00 bits per heavy atom. The van der Waals surface area contributed by atoms with Crippen LogP contribution in [0.3, 0.4) is 0 Å². The molecule has 0 atom stereocenters. The maximum absolute atomic E-state index is 12.5. The number of amides is 1. The van der Waals surface area contributed by atoms with Gasteiger partial charge in [0.05, 0.1) is 29.9 Å². The molecule has 1 aromatic carbocycles. The molecule has 0 fully saturated rings. The number of hydrogen-bond donors (Lipinski definition) is 2.